The predicted octanol–water partition coefficient (Wildman–Crippen LogP) is 12.2. The van der Waals surface area contributed by atoms with E-state index in [1.54, 1.807) is 11.1 Å². The van der Waals surface area contributed by atoms with Crippen molar-refractivity contribution < 1.29 is 4.74 Å². The summed E-state index contributed by atoms with van der Waals surface area (Å²) < 4.78 is 6.12. The molecule has 11 atom stereocenters. The predicted molar refractivity (Wildman–Crippen MR) is 213 cm³/mol. The molecule has 264 valence electrons. The Hall–Kier alpha value is -2.36. The summed E-state index contributed by atoms with van der Waals surface area (Å²) in [7, 11) is 0.436. The second-order valence-electron chi connectivity index (χ2n) is 17.8. The average Bonchev–Trinajstić information content (AvgIpc) is 3.72. The zero-order valence-corrected chi connectivity index (χ0v) is 32.6. The van der Waals surface area contributed by atoms with E-state index in [0.29, 0.717) is 47.5 Å². The standard InChI is InChI=1S/C46H65NOSi/c1-7-8-9-12-21-33-28-29-35-34-22-13-15-24-37(34)44(40(35)32-33)49(6,31-20-11-10-19-30-48-46(2,3)4)45-38-25-16-14-23-36(38)43-42(45)39-26-17-18-27-41(39)47(43)5/h13-18,22-29,32,34-38,40,42-45H,7-12,19-21,30-31H2,1-6H3. The van der Waals surface area contributed by atoms with E-state index in [0.717, 1.165) is 17.7 Å². The van der Waals surface area contributed by atoms with E-state index in [9.17, 15) is 0 Å². The minimum atomic E-state index is -1.97. The molecule has 5 aliphatic carbocycles. The van der Waals surface area contributed by atoms with Gasteiger partial charge in [-0.1, -0.05) is 149 Å². The van der Waals surface area contributed by atoms with Gasteiger partial charge in [-0.2, -0.15) is 0 Å². The van der Waals surface area contributed by atoms with E-state index >= 15 is 0 Å². The lowest BCUT2D eigenvalue weighted by atomic mass is 9.81. The van der Waals surface area contributed by atoms with E-state index in [2.05, 4.69) is 137 Å². The summed E-state index contributed by atoms with van der Waals surface area (Å²) in [6.45, 7) is 12.7. The molecule has 3 heteroatoms. The van der Waals surface area contributed by atoms with Crippen molar-refractivity contribution in [3.8, 4) is 0 Å². The summed E-state index contributed by atoms with van der Waals surface area (Å²) in [5, 5.41) is 0. The van der Waals surface area contributed by atoms with Crippen LogP contribution in [0, 0.1) is 35.5 Å². The van der Waals surface area contributed by atoms with Crippen LogP contribution in [-0.4, -0.2) is 33.4 Å². The van der Waals surface area contributed by atoms with Crippen molar-refractivity contribution in [1.29, 1.82) is 0 Å². The number of ether oxygens (including phenoxy) is 1. The minimum Gasteiger partial charge on any atom is -0.376 e. The number of likely N-dealkylation sites (N-methyl/N-ethyl adjacent to an activating group) is 1. The van der Waals surface area contributed by atoms with Crippen LogP contribution in [0.3, 0.4) is 0 Å². The lowest BCUT2D eigenvalue weighted by molar-refractivity contribution is -0.00471. The molecular formula is C46H65NOSi. The van der Waals surface area contributed by atoms with Gasteiger partial charge in [0, 0.05) is 37.2 Å². The number of hydrogen-bond donors (Lipinski definition) is 0. The fourth-order valence-corrected chi connectivity index (χ4v) is 18.8. The Balaban J connectivity index is 1.26. The van der Waals surface area contributed by atoms with Gasteiger partial charge in [-0.15, -0.1) is 0 Å². The van der Waals surface area contributed by atoms with Gasteiger partial charge in [0.25, 0.3) is 0 Å². The quantitative estimate of drug-likeness (QED) is 0.144. The number of nitrogens with zero attached hydrogens (tertiary/aromatic N) is 1. The van der Waals surface area contributed by atoms with Gasteiger partial charge < -0.3 is 9.64 Å². The van der Waals surface area contributed by atoms with Crippen molar-refractivity contribution in [2.45, 2.75) is 127 Å². The highest BCUT2D eigenvalue weighted by atomic mass is 28.3. The Bertz CT molecular complexity index is 1490. The number of allylic oxidation sites excluding steroid dienone is 11. The number of unbranched alkanes of at least 4 members (excludes halogenated alkanes) is 6. The van der Waals surface area contributed by atoms with Crippen LogP contribution in [0.2, 0.25) is 23.7 Å². The van der Waals surface area contributed by atoms with E-state index in [1.807, 2.05) is 0 Å². The van der Waals surface area contributed by atoms with Gasteiger partial charge in [0.15, 0.2) is 0 Å². The second kappa shape index (κ2) is 14.7. The van der Waals surface area contributed by atoms with Gasteiger partial charge in [-0.25, -0.2) is 0 Å². The molecule has 11 unspecified atom stereocenters. The summed E-state index contributed by atoms with van der Waals surface area (Å²) >= 11 is 0. The number of benzene rings is 1. The fraction of sp³-hybridized carbons (Fsp3) is 0.609. The number of para-hydroxylation sites is 1. The summed E-state index contributed by atoms with van der Waals surface area (Å²) in [5.41, 5.74) is 6.26. The maximum absolute atomic E-state index is 6.12. The van der Waals surface area contributed by atoms with Crippen LogP contribution < -0.4 is 4.90 Å². The zero-order valence-electron chi connectivity index (χ0n) is 31.6. The summed E-state index contributed by atoms with van der Waals surface area (Å²) in [5.74, 6) is 4.48. The van der Waals surface area contributed by atoms with Crippen LogP contribution in [0.25, 0.3) is 0 Å². The maximum Gasteiger partial charge on any atom is 0.0598 e. The van der Waals surface area contributed by atoms with Gasteiger partial charge >= 0.3 is 0 Å². The molecule has 0 radical (unpaired) electrons. The second-order valence-corrected chi connectivity index (χ2v) is 22.6. The normalized spacial score (nSPS) is 34.7. The maximum atomic E-state index is 6.12. The van der Waals surface area contributed by atoms with E-state index in [1.165, 1.54) is 69.5 Å². The molecule has 0 aromatic heterocycles. The van der Waals surface area contributed by atoms with Crippen molar-refractivity contribution in [2.24, 2.45) is 35.5 Å². The number of rotatable bonds is 14. The molecule has 7 rings (SSSR count). The molecule has 2 saturated carbocycles. The van der Waals surface area contributed by atoms with Crippen LogP contribution in [0.15, 0.2) is 96.7 Å². The average molecular weight is 676 g/mol. The molecule has 0 bridgehead atoms. The third-order valence-electron chi connectivity index (χ3n) is 13.8. The van der Waals surface area contributed by atoms with Crippen LogP contribution >= 0.6 is 0 Å². The third kappa shape index (κ3) is 6.73. The lowest BCUT2D eigenvalue weighted by Gasteiger charge is -2.48. The van der Waals surface area contributed by atoms with E-state index < -0.39 is 8.07 Å². The van der Waals surface area contributed by atoms with E-state index in [4.69, 9.17) is 4.74 Å². The van der Waals surface area contributed by atoms with Crippen molar-refractivity contribution in [2.75, 3.05) is 18.6 Å². The Kier molecular flexibility index (Phi) is 10.5. The molecule has 49 heavy (non-hydrogen) atoms. The third-order valence-corrected chi connectivity index (χ3v) is 19.8. The van der Waals surface area contributed by atoms with Crippen LogP contribution in [0.4, 0.5) is 5.69 Å². The van der Waals surface area contributed by atoms with Crippen LogP contribution in [0.5, 0.6) is 0 Å². The smallest absolute Gasteiger partial charge is 0.0598 e. The first-order valence-corrected chi connectivity index (χ1v) is 23.1. The molecule has 0 N–H and O–H groups in total. The van der Waals surface area contributed by atoms with Crippen molar-refractivity contribution in [3.63, 3.8) is 0 Å². The first-order valence-electron chi connectivity index (χ1n) is 20.3. The molecule has 0 amide bonds. The SMILES string of the molecule is CCCCCCC1=CC2C(C=C1)C1C=CC=CC1C2[Si](C)(CCCCCCOC(C)(C)C)C1C2C=CC=CC2C2C1c1ccccc1N2C. The van der Waals surface area contributed by atoms with Gasteiger partial charge in [-0.05, 0) is 92.3 Å². The molecule has 0 saturated heterocycles. The van der Waals surface area contributed by atoms with Gasteiger partial charge in [0.05, 0.1) is 13.7 Å². The van der Waals surface area contributed by atoms with Crippen molar-refractivity contribution in [3.05, 3.63) is 102 Å². The molecule has 2 fully saturated rings. The van der Waals surface area contributed by atoms with Crippen molar-refractivity contribution >= 4 is 13.8 Å². The first kappa shape index (κ1) is 35.1. The Labute approximate surface area is 300 Å². The largest absolute Gasteiger partial charge is 0.376 e. The molecular weight excluding hydrogens is 611 g/mol. The van der Waals surface area contributed by atoms with Gasteiger partial charge in [0.1, 0.15) is 0 Å². The number of fused-ring (bicyclic) bond motifs is 8. The Morgan fingerprint density at radius 2 is 1.37 bits per heavy atom. The highest BCUT2D eigenvalue weighted by Crippen LogP contribution is 2.70. The van der Waals surface area contributed by atoms with Crippen LogP contribution in [0.1, 0.15) is 97.0 Å². The lowest BCUT2D eigenvalue weighted by Crippen LogP contribution is -2.48. The Morgan fingerprint density at radius 3 is 2.12 bits per heavy atom. The summed E-state index contributed by atoms with van der Waals surface area (Å²) in [4.78, 5) is 2.70. The summed E-state index contributed by atoms with van der Waals surface area (Å²) in [6.07, 6.45) is 40.0. The summed E-state index contributed by atoms with van der Waals surface area (Å²) in [6, 6.07) is 11.5. The molecule has 1 aromatic rings. The highest BCUT2D eigenvalue weighted by molar-refractivity contribution is 6.82. The van der Waals surface area contributed by atoms with Crippen LogP contribution in [-0.2, 0) is 4.74 Å². The molecule has 1 aliphatic heterocycles. The molecule has 1 aromatic carbocycles. The molecule has 2 nitrogen and oxygen atoms in total. The minimum absolute atomic E-state index is 0.0396. The van der Waals surface area contributed by atoms with Gasteiger partial charge in [-0.3, -0.25) is 0 Å². The monoisotopic (exact) mass is 675 g/mol. The zero-order chi connectivity index (χ0) is 34.2. The molecule has 1 heterocycles. The fourth-order valence-electron chi connectivity index (χ4n) is 11.9. The number of hydrogen-bond acceptors (Lipinski definition) is 2. The first-order chi connectivity index (χ1) is 23.7. The van der Waals surface area contributed by atoms with Gasteiger partial charge in [0.2, 0.25) is 0 Å². The molecule has 0 spiro atoms. The highest BCUT2D eigenvalue weighted by Gasteiger charge is 2.65. The number of anilines is 1. The topological polar surface area (TPSA) is 12.5 Å². The Morgan fingerprint density at radius 1 is 0.714 bits per heavy atom. The molecule has 6 aliphatic rings. The van der Waals surface area contributed by atoms with E-state index in [-0.39, 0.29) is 5.60 Å². The van der Waals surface area contributed by atoms with Crippen molar-refractivity contribution in [1.82, 2.24) is 0 Å².